The standard InChI is InChI=1S/C15H23NO2/c1-4-15(7-9-16-10-8-15)13-11-12(17-2)5-6-14(13)18-3/h5-6,11,16H,4,7-10H2,1-3H3. The summed E-state index contributed by atoms with van der Waals surface area (Å²) in [6, 6.07) is 6.13. The number of hydrogen-bond donors (Lipinski definition) is 1. The maximum Gasteiger partial charge on any atom is 0.122 e. The molecule has 0 amide bonds. The van der Waals surface area contributed by atoms with E-state index in [0.717, 1.165) is 43.9 Å². The van der Waals surface area contributed by atoms with E-state index in [-0.39, 0.29) is 5.41 Å². The van der Waals surface area contributed by atoms with E-state index >= 15 is 0 Å². The van der Waals surface area contributed by atoms with E-state index in [0.29, 0.717) is 0 Å². The van der Waals surface area contributed by atoms with Gasteiger partial charge in [0.05, 0.1) is 14.2 Å². The molecule has 1 aromatic carbocycles. The monoisotopic (exact) mass is 249 g/mol. The summed E-state index contributed by atoms with van der Waals surface area (Å²) >= 11 is 0. The smallest absolute Gasteiger partial charge is 0.122 e. The van der Waals surface area contributed by atoms with Gasteiger partial charge in [0.25, 0.3) is 0 Å². The van der Waals surface area contributed by atoms with Gasteiger partial charge in [0.15, 0.2) is 0 Å². The molecular weight excluding hydrogens is 226 g/mol. The summed E-state index contributed by atoms with van der Waals surface area (Å²) in [7, 11) is 3.46. The van der Waals surface area contributed by atoms with Crippen molar-refractivity contribution in [1.82, 2.24) is 5.32 Å². The SMILES string of the molecule is CCC1(c2cc(OC)ccc2OC)CCNCC1. The van der Waals surface area contributed by atoms with Gasteiger partial charge in [-0.1, -0.05) is 6.92 Å². The second-order valence-electron chi connectivity index (χ2n) is 4.95. The third kappa shape index (κ3) is 2.32. The van der Waals surface area contributed by atoms with Gasteiger partial charge in [-0.05, 0) is 50.6 Å². The number of methoxy groups -OCH3 is 2. The summed E-state index contributed by atoms with van der Waals surface area (Å²) in [4.78, 5) is 0. The Morgan fingerprint density at radius 2 is 1.89 bits per heavy atom. The molecule has 0 atom stereocenters. The van der Waals surface area contributed by atoms with Crippen LogP contribution in [-0.2, 0) is 5.41 Å². The van der Waals surface area contributed by atoms with Gasteiger partial charge in [0.2, 0.25) is 0 Å². The fourth-order valence-corrected chi connectivity index (χ4v) is 2.95. The number of piperidine rings is 1. The highest BCUT2D eigenvalue weighted by molar-refractivity contribution is 5.45. The van der Waals surface area contributed by atoms with Crippen molar-refractivity contribution in [3.8, 4) is 11.5 Å². The average molecular weight is 249 g/mol. The Balaban J connectivity index is 2.44. The van der Waals surface area contributed by atoms with E-state index in [2.05, 4.69) is 18.3 Å². The lowest BCUT2D eigenvalue weighted by molar-refractivity contribution is 0.283. The molecule has 1 N–H and O–H groups in total. The van der Waals surface area contributed by atoms with Crippen LogP contribution in [0, 0.1) is 0 Å². The second-order valence-corrected chi connectivity index (χ2v) is 4.95. The molecule has 0 aliphatic carbocycles. The van der Waals surface area contributed by atoms with Crippen LogP contribution in [0.3, 0.4) is 0 Å². The number of rotatable bonds is 4. The van der Waals surface area contributed by atoms with Crippen LogP contribution in [0.5, 0.6) is 11.5 Å². The molecule has 100 valence electrons. The molecule has 0 unspecified atom stereocenters. The third-order valence-electron chi connectivity index (χ3n) is 4.22. The highest BCUT2D eigenvalue weighted by Gasteiger charge is 2.34. The summed E-state index contributed by atoms with van der Waals surface area (Å²) < 4.78 is 10.9. The number of hydrogen-bond acceptors (Lipinski definition) is 3. The van der Waals surface area contributed by atoms with E-state index in [1.165, 1.54) is 5.56 Å². The van der Waals surface area contributed by atoms with Crippen LogP contribution in [0.1, 0.15) is 31.7 Å². The molecule has 1 aliphatic heterocycles. The average Bonchev–Trinajstić information content (AvgIpc) is 2.47. The first-order chi connectivity index (χ1) is 8.75. The largest absolute Gasteiger partial charge is 0.497 e. The van der Waals surface area contributed by atoms with Crippen LogP contribution in [0.4, 0.5) is 0 Å². The molecule has 0 aromatic heterocycles. The first-order valence-electron chi connectivity index (χ1n) is 6.69. The summed E-state index contributed by atoms with van der Waals surface area (Å²) in [5.74, 6) is 1.90. The lowest BCUT2D eigenvalue weighted by Crippen LogP contribution is -2.39. The Morgan fingerprint density at radius 3 is 2.44 bits per heavy atom. The molecule has 18 heavy (non-hydrogen) atoms. The van der Waals surface area contributed by atoms with Crippen molar-refractivity contribution in [3.63, 3.8) is 0 Å². The molecule has 2 rings (SSSR count). The molecule has 0 radical (unpaired) electrons. The van der Waals surface area contributed by atoms with Gasteiger partial charge < -0.3 is 14.8 Å². The zero-order valence-corrected chi connectivity index (χ0v) is 11.6. The third-order valence-corrected chi connectivity index (χ3v) is 4.22. The maximum atomic E-state index is 5.55. The van der Waals surface area contributed by atoms with Gasteiger partial charge >= 0.3 is 0 Å². The maximum absolute atomic E-state index is 5.55. The molecule has 0 bridgehead atoms. The molecule has 0 spiro atoms. The van der Waals surface area contributed by atoms with Crippen LogP contribution in [-0.4, -0.2) is 27.3 Å². The van der Waals surface area contributed by atoms with E-state index in [9.17, 15) is 0 Å². The molecule has 3 nitrogen and oxygen atoms in total. The minimum absolute atomic E-state index is 0.227. The van der Waals surface area contributed by atoms with Gasteiger partial charge in [-0.2, -0.15) is 0 Å². The highest BCUT2D eigenvalue weighted by atomic mass is 16.5. The predicted octanol–water partition coefficient (Wildman–Crippen LogP) is 2.74. The van der Waals surface area contributed by atoms with E-state index in [1.807, 2.05) is 12.1 Å². The van der Waals surface area contributed by atoms with Crippen LogP contribution in [0.2, 0.25) is 0 Å². The van der Waals surface area contributed by atoms with E-state index < -0.39 is 0 Å². The Bertz CT molecular complexity index is 397. The minimum atomic E-state index is 0.227. The van der Waals surface area contributed by atoms with Crippen molar-refractivity contribution in [3.05, 3.63) is 23.8 Å². The van der Waals surface area contributed by atoms with Gasteiger partial charge in [-0.15, -0.1) is 0 Å². The summed E-state index contributed by atoms with van der Waals surface area (Å²) in [5, 5.41) is 3.44. The Morgan fingerprint density at radius 1 is 1.17 bits per heavy atom. The Labute approximate surface area is 109 Å². The summed E-state index contributed by atoms with van der Waals surface area (Å²) in [6.45, 7) is 4.42. The van der Waals surface area contributed by atoms with Crippen molar-refractivity contribution >= 4 is 0 Å². The van der Waals surface area contributed by atoms with Gasteiger partial charge in [-0.25, -0.2) is 0 Å². The molecule has 1 aromatic rings. The quantitative estimate of drug-likeness (QED) is 0.890. The molecule has 1 heterocycles. The lowest BCUT2D eigenvalue weighted by atomic mass is 9.71. The lowest BCUT2D eigenvalue weighted by Gasteiger charge is -2.38. The molecule has 0 saturated carbocycles. The first kappa shape index (κ1) is 13.2. The zero-order chi connectivity index (χ0) is 13.0. The molecule has 1 saturated heterocycles. The number of nitrogens with one attached hydrogen (secondary N) is 1. The molecule has 1 aliphatic rings. The first-order valence-corrected chi connectivity index (χ1v) is 6.69. The van der Waals surface area contributed by atoms with Gasteiger partial charge in [-0.3, -0.25) is 0 Å². The normalized spacial score (nSPS) is 18.4. The topological polar surface area (TPSA) is 30.5 Å². The molecule has 3 heteroatoms. The van der Waals surface area contributed by atoms with Crippen molar-refractivity contribution in [2.24, 2.45) is 0 Å². The minimum Gasteiger partial charge on any atom is -0.497 e. The van der Waals surface area contributed by atoms with Crippen LogP contribution >= 0.6 is 0 Å². The van der Waals surface area contributed by atoms with Gasteiger partial charge in [0, 0.05) is 11.0 Å². The predicted molar refractivity (Wildman–Crippen MR) is 73.6 cm³/mol. The van der Waals surface area contributed by atoms with Crippen molar-refractivity contribution in [1.29, 1.82) is 0 Å². The molecular formula is C15H23NO2. The van der Waals surface area contributed by atoms with Crippen molar-refractivity contribution in [2.75, 3.05) is 27.3 Å². The Kier molecular flexibility index (Phi) is 4.12. The van der Waals surface area contributed by atoms with Crippen molar-refractivity contribution in [2.45, 2.75) is 31.6 Å². The number of ether oxygens (including phenoxy) is 2. The van der Waals surface area contributed by atoms with Crippen LogP contribution < -0.4 is 14.8 Å². The summed E-state index contributed by atoms with van der Waals surface area (Å²) in [5.41, 5.74) is 1.53. The highest BCUT2D eigenvalue weighted by Crippen LogP contribution is 2.42. The second kappa shape index (κ2) is 5.61. The van der Waals surface area contributed by atoms with Gasteiger partial charge in [0.1, 0.15) is 11.5 Å². The molecule has 1 fully saturated rings. The number of benzene rings is 1. The van der Waals surface area contributed by atoms with Crippen molar-refractivity contribution < 1.29 is 9.47 Å². The van der Waals surface area contributed by atoms with E-state index in [4.69, 9.17) is 9.47 Å². The summed E-state index contributed by atoms with van der Waals surface area (Å²) in [6.07, 6.45) is 3.46. The fourth-order valence-electron chi connectivity index (χ4n) is 2.95. The van der Waals surface area contributed by atoms with E-state index in [1.54, 1.807) is 14.2 Å². The fraction of sp³-hybridized carbons (Fsp3) is 0.600. The van der Waals surface area contributed by atoms with Crippen LogP contribution in [0.25, 0.3) is 0 Å². The zero-order valence-electron chi connectivity index (χ0n) is 11.6. The van der Waals surface area contributed by atoms with Crippen LogP contribution in [0.15, 0.2) is 18.2 Å². The Hall–Kier alpha value is -1.22.